The molecular formula is C9H11F3N2O3S. The van der Waals surface area contributed by atoms with Crippen molar-refractivity contribution in [3.05, 3.63) is 17.9 Å². The van der Waals surface area contributed by atoms with E-state index in [4.69, 9.17) is 10.2 Å². The van der Waals surface area contributed by atoms with E-state index < -0.39 is 26.8 Å². The van der Waals surface area contributed by atoms with Crippen molar-refractivity contribution in [1.82, 2.24) is 4.72 Å². The topological polar surface area (TPSA) is 85.3 Å². The zero-order valence-electron chi connectivity index (χ0n) is 9.12. The molecule has 1 aromatic rings. The van der Waals surface area contributed by atoms with Crippen molar-refractivity contribution in [2.75, 3.05) is 0 Å². The normalized spacial score (nSPS) is 18.9. The summed E-state index contributed by atoms with van der Waals surface area (Å²) in [6.45, 7) is -0.0278. The van der Waals surface area contributed by atoms with Gasteiger partial charge in [-0.2, -0.15) is 17.9 Å². The maximum atomic E-state index is 12.6. The Bertz CT molecular complexity index is 546. The van der Waals surface area contributed by atoms with Gasteiger partial charge in [-0.25, -0.2) is 8.42 Å². The van der Waals surface area contributed by atoms with Crippen LogP contribution in [0.3, 0.4) is 0 Å². The molecule has 0 spiro atoms. The number of hydrogen-bond donors (Lipinski definition) is 2. The molecule has 0 amide bonds. The largest absolute Gasteiger partial charge is 0.447 e. The molecule has 0 bridgehead atoms. The molecule has 0 aromatic carbocycles. The second-order valence-corrected chi connectivity index (χ2v) is 5.72. The third-order valence-electron chi connectivity index (χ3n) is 2.73. The van der Waals surface area contributed by atoms with E-state index >= 15 is 0 Å². The minimum atomic E-state index is -4.61. The lowest BCUT2D eigenvalue weighted by Crippen LogP contribution is -2.47. The molecule has 1 aliphatic carbocycles. The summed E-state index contributed by atoms with van der Waals surface area (Å²) in [5.41, 5.74) is 2.88. The number of nitrogens with two attached hydrogens (primary N) is 1. The zero-order chi connectivity index (χ0) is 13.6. The molecule has 0 saturated heterocycles. The average molecular weight is 284 g/mol. The Morgan fingerprint density at radius 1 is 1.39 bits per heavy atom. The molecule has 0 unspecified atom stereocenters. The van der Waals surface area contributed by atoms with E-state index in [0.29, 0.717) is 0 Å². The van der Waals surface area contributed by atoms with Gasteiger partial charge < -0.3 is 10.2 Å². The number of furan rings is 1. The summed E-state index contributed by atoms with van der Waals surface area (Å²) in [4.78, 5) is 0. The van der Waals surface area contributed by atoms with Crippen LogP contribution in [0.5, 0.6) is 0 Å². The summed E-state index contributed by atoms with van der Waals surface area (Å²) in [6.07, 6.45) is -5.14. The van der Waals surface area contributed by atoms with Gasteiger partial charge in [0.2, 0.25) is 5.09 Å². The van der Waals surface area contributed by atoms with Gasteiger partial charge in [-0.15, -0.1) is 0 Å². The van der Waals surface area contributed by atoms with Crippen molar-refractivity contribution in [1.29, 1.82) is 0 Å². The van der Waals surface area contributed by atoms with Gasteiger partial charge in [0.05, 0.1) is 6.54 Å². The third-order valence-corrected chi connectivity index (χ3v) is 4.13. The van der Waals surface area contributed by atoms with Gasteiger partial charge in [-0.1, -0.05) is 0 Å². The monoisotopic (exact) mass is 284 g/mol. The molecule has 0 radical (unpaired) electrons. The van der Waals surface area contributed by atoms with Gasteiger partial charge in [0.1, 0.15) is 11.3 Å². The molecule has 2 rings (SSSR count). The number of hydrogen-bond acceptors (Lipinski definition) is 4. The molecule has 1 saturated carbocycles. The van der Waals surface area contributed by atoms with E-state index in [-0.39, 0.29) is 25.1 Å². The van der Waals surface area contributed by atoms with Gasteiger partial charge >= 0.3 is 6.18 Å². The van der Waals surface area contributed by atoms with Crippen LogP contribution in [0.4, 0.5) is 13.2 Å². The Balaban J connectivity index is 2.23. The Morgan fingerprint density at radius 3 is 2.39 bits per heavy atom. The summed E-state index contributed by atoms with van der Waals surface area (Å²) in [5.74, 6) is 0.187. The molecular weight excluding hydrogens is 273 g/mol. The van der Waals surface area contributed by atoms with Crippen molar-refractivity contribution >= 4 is 10.0 Å². The average Bonchev–Trinajstić information content (AvgIpc) is 2.86. The maximum absolute atomic E-state index is 12.6. The van der Waals surface area contributed by atoms with Gasteiger partial charge in [0.15, 0.2) is 0 Å². The lowest BCUT2D eigenvalue weighted by atomic mass is 10.3. The summed E-state index contributed by atoms with van der Waals surface area (Å²) < 4.78 is 67.8. The fourth-order valence-electron chi connectivity index (χ4n) is 1.49. The number of alkyl halides is 3. The molecule has 0 aliphatic heterocycles. The molecule has 3 N–H and O–H groups in total. The van der Waals surface area contributed by atoms with Crippen LogP contribution in [0.25, 0.3) is 0 Å². The van der Waals surface area contributed by atoms with E-state index in [9.17, 15) is 21.6 Å². The van der Waals surface area contributed by atoms with Crippen molar-refractivity contribution in [3.63, 3.8) is 0 Å². The molecule has 102 valence electrons. The van der Waals surface area contributed by atoms with Gasteiger partial charge in [-0.3, -0.25) is 0 Å². The molecule has 5 nitrogen and oxygen atoms in total. The third kappa shape index (κ3) is 2.25. The first-order chi connectivity index (χ1) is 8.20. The van der Waals surface area contributed by atoms with Crippen LogP contribution in [0.2, 0.25) is 0 Å². The van der Waals surface area contributed by atoms with E-state index in [1.54, 1.807) is 4.72 Å². The first-order valence-corrected chi connectivity index (χ1v) is 6.58. The molecule has 18 heavy (non-hydrogen) atoms. The minimum Gasteiger partial charge on any atom is -0.447 e. The van der Waals surface area contributed by atoms with Crippen LogP contribution in [0, 0.1) is 0 Å². The SMILES string of the molecule is NCc1ccc(S(=O)(=O)NC2(C(F)(F)F)CC2)o1. The van der Waals surface area contributed by atoms with Gasteiger partial charge in [0.25, 0.3) is 10.0 Å². The lowest BCUT2D eigenvalue weighted by molar-refractivity contribution is -0.160. The second-order valence-electron chi connectivity index (χ2n) is 4.11. The minimum absolute atomic E-state index is 0.0278. The molecule has 1 heterocycles. The van der Waals surface area contributed by atoms with Crippen LogP contribution in [0.15, 0.2) is 21.6 Å². The predicted molar refractivity (Wildman–Crippen MR) is 54.9 cm³/mol. The lowest BCUT2D eigenvalue weighted by Gasteiger charge is -2.19. The van der Waals surface area contributed by atoms with Crippen LogP contribution in [0.1, 0.15) is 18.6 Å². The van der Waals surface area contributed by atoms with E-state index in [1.165, 1.54) is 6.07 Å². The highest BCUT2D eigenvalue weighted by Gasteiger charge is 2.65. The zero-order valence-corrected chi connectivity index (χ0v) is 9.94. The number of sulfonamides is 1. The fourth-order valence-corrected chi connectivity index (χ4v) is 2.89. The summed E-state index contributed by atoms with van der Waals surface area (Å²) in [6, 6.07) is 2.39. The number of nitrogens with one attached hydrogen (secondary N) is 1. The molecule has 1 fully saturated rings. The number of halogens is 3. The fraction of sp³-hybridized carbons (Fsp3) is 0.556. The molecule has 1 aromatic heterocycles. The van der Waals surface area contributed by atoms with Crippen molar-refractivity contribution in [2.24, 2.45) is 5.73 Å². The van der Waals surface area contributed by atoms with E-state index in [2.05, 4.69) is 0 Å². The van der Waals surface area contributed by atoms with Crippen LogP contribution in [-0.2, 0) is 16.6 Å². The smallest absolute Gasteiger partial charge is 0.407 e. The Hall–Kier alpha value is -1.06. The predicted octanol–water partition coefficient (Wildman–Crippen LogP) is 1.11. The van der Waals surface area contributed by atoms with E-state index in [0.717, 1.165) is 6.07 Å². The quantitative estimate of drug-likeness (QED) is 0.867. The van der Waals surface area contributed by atoms with Gasteiger partial charge in [0, 0.05) is 0 Å². The van der Waals surface area contributed by atoms with Crippen molar-refractivity contribution in [2.45, 2.75) is 36.2 Å². The number of rotatable bonds is 4. The van der Waals surface area contributed by atoms with Crippen LogP contribution in [-0.4, -0.2) is 20.1 Å². The van der Waals surface area contributed by atoms with Crippen molar-refractivity contribution in [3.8, 4) is 0 Å². The Labute approximate surface area is 101 Å². The highest BCUT2D eigenvalue weighted by Crippen LogP contribution is 2.49. The molecule has 0 atom stereocenters. The first-order valence-electron chi connectivity index (χ1n) is 5.10. The van der Waals surface area contributed by atoms with Gasteiger partial charge in [-0.05, 0) is 25.0 Å². The highest BCUT2D eigenvalue weighted by molar-refractivity contribution is 7.89. The summed E-state index contributed by atoms with van der Waals surface area (Å²) in [5, 5.41) is -0.557. The maximum Gasteiger partial charge on any atom is 0.407 e. The summed E-state index contributed by atoms with van der Waals surface area (Å²) >= 11 is 0. The van der Waals surface area contributed by atoms with Crippen LogP contribution >= 0.6 is 0 Å². The Kier molecular flexibility index (Phi) is 2.95. The molecule has 1 aliphatic rings. The van der Waals surface area contributed by atoms with Crippen LogP contribution < -0.4 is 10.5 Å². The first kappa shape index (κ1) is 13.4. The highest BCUT2D eigenvalue weighted by atomic mass is 32.2. The van der Waals surface area contributed by atoms with Crippen molar-refractivity contribution < 1.29 is 26.0 Å². The molecule has 9 heteroatoms. The Morgan fingerprint density at radius 2 is 2.00 bits per heavy atom. The second kappa shape index (κ2) is 3.97. The summed E-state index contributed by atoms with van der Waals surface area (Å²) in [7, 11) is -4.32. The standard InChI is InChI=1S/C9H11F3N2O3S/c10-9(11,12)8(3-4-8)14-18(15,16)7-2-1-6(5-13)17-7/h1-2,14H,3-5,13H2. The van der Waals surface area contributed by atoms with E-state index in [1.807, 2.05) is 0 Å².